The van der Waals surface area contributed by atoms with Crippen LogP contribution in [0.25, 0.3) is 0 Å². The van der Waals surface area contributed by atoms with E-state index in [2.05, 4.69) is 28.3 Å². The molecule has 140 valence electrons. The van der Waals surface area contributed by atoms with Crippen molar-refractivity contribution in [1.29, 1.82) is 0 Å². The fraction of sp³-hybridized carbons (Fsp3) is 0.545. The van der Waals surface area contributed by atoms with Gasteiger partial charge in [0.15, 0.2) is 0 Å². The number of hydrogen-bond acceptors (Lipinski definition) is 3. The van der Waals surface area contributed by atoms with Gasteiger partial charge in [-0.3, -0.25) is 4.98 Å². The summed E-state index contributed by atoms with van der Waals surface area (Å²) in [5, 5.41) is 3.22. The number of nitrogens with zero attached hydrogens (tertiary/aromatic N) is 1. The van der Waals surface area contributed by atoms with Crippen LogP contribution in [0.3, 0.4) is 0 Å². The van der Waals surface area contributed by atoms with E-state index < -0.39 is 0 Å². The second-order valence-electron chi connectivity index (χ2n) is 7.64. The molecular weight excluding hydrogens is 338 g/mol. The molecule has 3 aliphatic rings. The van der Waals surface area contributed by atoms with Crippen LogP contribution in [-0.2, 0) is 12.8 Å². The second-order valence-corrected chi connectivity index (χ2v) is 8.11. The summed E-state index contributed by atoms with van der Waals surface area (Å²) in [5.41, 5.74) is 8.06. The third kappa shape index (κ3) is 5.24. The topological polar surface area (TPSA) is 40.7 Å². The first kappa shape index (κ1) is 19.2. The summed E-state index contributed by atoms with van der Waals surface area (Å²) in [6.45, 7) is 8.76. The maximum absolute atomic E-state index is 4.97. The molecule has 2 N–H and O–H groups in total. The first-order chi connectivity index (χ1) is 12.5. The van der Waals surface area contributed by atoms with Crippen molar-refractivity contribution < 1.29 is 0 Å². The predicted molar refractivity (Wildman–Crippen MR) is 112 cm³/mol. The Morgan fingerprint density at radius 1 is 0.962 bits per heavy atom. The van der Waals surface area contributed by atoms with Gasteiger partial charge in [0.05, 0.1) is 5.69 Å². The van der Waals surface area contributed by atoms with E-state index in [4.69, 9.17) is 12.2 Å². The van der Waals surface area contributed by atoms with Crippen molar-refractivity contribution in [2.24, 2.45) is 0 Å². The molecule has 2 aliphatic carbocycles. The number of aromatic amines is 1. The molecule has 0 bridgehead atoms. The zero-order valence-corrected chi connectivity index (χ0v) is 17.1. The summed E-state index contributed by atoms with van der Waals surface area (Å²) in [7, 11) is 0. The zero-order valence-electron chi connectivity index (χ0n) is 16.3. The molecule has 4 heteroatoms. The lowest BCUT2D eigenvalue weighted by atomic mass is 9.96. The Morgan fingerprint density at radius 3 is 2.19 bits per heavy atom. The van der Waals surface area contributed by atoms with Gasteiger partial charge < -0.3 is 10.3 Å². The number of rotatable bonds is 0. The predicted octanol–water partition coefficient (Wildman–Crippen LogP) is 5.16. The van der Waals surface area contributed by atoms with E-state index in [0.29, 0.717) is 5.92 Å². The summed E-state index contributed by atoms with van der Waals surface area (Å²) < 4.78 is 0.906. The third-order valence-electron chi connectivity index (χ3n) is 5.22. The molecule has 5 rings (SSSR count). The fourth-order valence-electron chi connectivity index (χ4n) is 3.71. The molecule has 3 nitrogen and oxygen atoms in total. The molecule has 26 heavy (non-hydrogen) atoms. The van der Waals surface area contributed by atoms with Gasteiger partial charge >= 0.3 is 0 Å². The molecule has 0 spiro atoms. The van der Waals surface area contributed by atoms with E-state index in [-0.39, 0.29) is 0 Å². The second kappa shape index (κ2) is 8.92. The van der Waals surface area contributed by atoms with Crippen LogP contribution in [0.2, 0.25) is 0 Å². The van der Waals surface area contributed by atoms with E-state index >= 15 is 0 Å². The molecule has 1 saturated heterocycles. The molecule has 0 aromatic carbocycles. The van der Waals surface area contributed by atoms with Crippen LogP contribution in [0.1, 0.15) is 72.4 Å². The minimum Gasteiger partial charge on any atom is -0.363 e. The Morgan fingerprint density at radius 2 is 1.62 bits per heavy atom. The van der Waals surface area contributed by atoms with Crippen LogP contribution in [0, 0.1) is 18.4 Å². The minimum absolute atomic E-state index is 0.676. The molecule has 1 atom stereocenters. The molecule has 2 aromatic heterocycles. The van der Waals surface area contributed by atoms with Gasteiger partial charge in [0.25, 0.3) is 0 Å². The summed E-state index contributed by atoms with van der Waals surface area (Å²) in [5.74, 6) is 0.676. The Balaban J connectivity index is 0.000000124. The van der Waals surface area contributed by atoms with Crippen molar-refractivity contribution in [3.05, 3.63) is 56.6 Å². The highest BCUT2D eigenvalue weighted by molar-refractivity contribution is 7.71. The number of aromatic nitrogens is 2. The van der Waals surface area contributed by atoms with E-state index in [1.807, 2.05) is 26.0 Å². The highest BCUT2D eigenvalue weighted by Gasteiger charge is 2.31. The smallest absolute Gasteiger partial charge is 0.0518 e. The van der Waals surface area contributed by atoms with Gasteiger partial charge in [-0.1, -0.05) is 25.2 Å². The van der Waals surface area contributed by atoms with Gasteiger partial charge in [0.2, 0.25) is 0 Å². The molecule has 1 fully saturated rings. The molecule has 0 saturated carbocycles. The first-order valence-electron chi connectivity index (χ1n) is 9.95. The van der Waals surface area contributed by atoms with Crippen molar-refractivity contribution in [3.63, 3.8) is 0 Å². The molecule has 0 amide bonds. The maximum atomic E-state index is 4.97. The molecular formula is C22H31N3S. The lowest BCUT2D eigenvalue weighted by Gasteiger charge is -2.12. The van der Waals surface area contributed by atoms with Crippen LogP contribution >= 0.6 is 12.2 Å². The largest absolute Gasteiger partial charge is 0.363 e. The minimum atomic E-state index is 0.676. The van der Waals surface area contributed by atoms with Crippen molar-refractivity contribution in [1.82, 2.24) is 15.3 Å². The van der Waals surface area contributed by atoms with E-state index in [0.717, 1.165) is 15.9 Å². The molecule has 0 radical (unpaired) electrons. The summed E-state index contributed by atoms with van der Waals surface area (Å²) in [4.78, 5) is 7.83. The lowest BCUT2D eigenvalue weighted by molar-refractivity contribution is 0.668. The number of H-pyrrole nitrogens is 1. The summed E-state index contributed by atoms with van der Waals surface area (Å²) >= 11 is 4.97. The van der Waals surface area contributed by atoms with Gasteiger partial charge in [0.1, 0.15) is 0 Å². The summed E-state index contributed by atoms with van der Waals surface area (Å²) in [6.07, 6.45) is 7.96. The van der Waals surface area contributed by atoms with E-state index in [1.54, 1.807) is 0 Å². The van der Waals surface area contributed by atoms with Gasteiger partial charge in [-0.25, -0.2) is 0 Å². The van der Waals surface area contributed by atoms with Crippen LogP contribution in [0.5, 0.6) is 0 Å². The number of hydrogen-bond donors (Lipinski definition) is 2. The maximum Gasteiger partial charge on any atom is 0.0518 e. The monoisotopic (exact) mass is 369 g/mol. The number of aryl methyl sites for hydroxylation is 4. The van der Waals surface area contributed by atoms with E-state index in [1.165, 1.54) is 74.1 Å². The lowest BCUT2D eigenvalue weighted by Crippen LogP contribution is -2.03. The van der Waals surface area contributed by atoms with Crippen LogP contribution in [0.15, 0.2) is 18.2 Å². The first-order valence-corrected chi connectivity index (χ1v) is 10.4. The van der Waals surface area contributed by atoms with E-state index in [9.17, 15) is 0 Å². The van der Waals surface area contributed by atoms with Crippen LogP contribution < -0.4 is 5.32 Å². The molecule has 1 aliphatic heterocycles. The Kier molecular flexibility index (Phi) is 6.60. The number of pyridine rings is 2. The highest BCUT2D eigenvalue weighted by atomic mass is 32.1. The van der Waals surface area contributed by atoms with Gasteiger partial charge in [-0.2, -0.15) is 0 Å². The van der Waals surface area contributed by atoms with Crippen molar-refractivity contribution in [3.8, 4) is 0 Å². The fourth-order valence-corrected chi connectivity index (χ4v) is 4.06. The van der Waals surface area contributed by atoms with Crippen molar-refractivity contribution >= 4 is 12.2 Å². The molecule has 1 unspecified atom stereocenters. The Hall–Kier alpha value is -1.52. The zero-order chi connectivity index (χ0) is 18.5. The van der Waals surface area contributed by atoms with Gasteiger partial charge in [-0.05, 0) is 88.7 Å². The quantitative estimate of drug-likeness (QED) is 0.631. The van der Waals surface area contributed by atoms with Crippen molar-refractivity contribution in [2.75, 3.05) is 13.1 Å². The molecule has 2 aromatic rings. The average molecular weight is 370 g/mol. The van der Waals surface area contributed by atoms with Crippen LogP contribution in [-0.4, -0.2) is 23.1 Å². The van der Waals surface area contributed by atoms with Crippen LogP contribution in [0.4, 0.5) is 0 Å². The Labute approximate surface area is 162 Å². The van der Waals surface area contributed by atoms with Gasteiger partial charge in [-0.15, -0.1) is 0 Å². The Bertz CT molecular complexity index is 742. The van der Waals surface area contributed by atoms with Crippen molar-refractivity contribution in [2.45, 2.75) is 65.2 Å². The standard InChI is InChI=1S/C11H13N.C7H9NS.C4H9N/c1-7-9-6-8-4-2-3-5-10(8)12-11(7)9;1-5-3-7(9)4-6(2)8-5;1-2-4-5-3-1/h6-7H,2-5H2,1H3;3-4H,1-2H3,(H,8,9);5H,1-4H2. The normalized spacial score (nSPS) is 19.3. The average Bonchev–Trinajstić information content (AvgIpc) is 3.04. The SMILES string of the molecule is C1CCNC1.CC1c2cc3c(nc21)CCCC3.Cc1cc(=S)cc(C)[nH]1. The molecule has 3 heterocycles. The third-order valence-corrected chi connectivity index (χ3v) is 5.46. The highest BCUT2D eigenvalue weighted by Crippen LogP contribution is 2.42. The van der Waals surface area contributed by atoms with Gasteiger partial charge in [0, 0.05) is 27.5 Å². The number of nitrogens with one attached hydrogen (secondary N) is 2. The summed E-state index contributed by atoms with van der Waals surface area (Å²) in [6, 6.07) is 6.28. The number of fused-ring (bicyclic) bond motifs is 2.